The zero-order valence-electron chi connectivity index (χ0n) is 17.0. The monoisotopic (exact) mass is 424 g/mol. The molecule has 0 atom stereocenters. The van der Waals surface area contributed by atoms with Crippen LogP contribution in [-0.2, 0) is 36.7 Å². The van der Waals surface area contributed by atoms with Crippen molar-refractivity contribution in [3.8, 4) is 16.9 Å². The van der Waals surface area contributed by atoms with Gasteiger partial charge in [0.25, 0.3) is 0 Å². The Morgan fingerprint density at radius 3 is 2.10 bits per heavy atom. The quantitative estimate of drug-likeness (QED) is 0.421. The van der Waals surface area contributed by atoms with Crippen molar-refractivity contribution < 1.29 is 22.7 Å². The van der Waals surface area contributed by atoms with Gasteiger partial charge in [-0.15, -0.1) is 0 Å². The Labute approximate surface area is 179 Å². The smallest absolute Gasteiger partial charge is 0.416 e. The van der Waals surface area contributed by atoms with Gasteiger partial charge in [0, 0.05) is 0 Å². The van der Waals surface area contributed by atoms with E-state index in [1.54, 1.807) is 0 Å². The van der Waals surface area contributed by atoms with Crippen LogP contribution in [0.4, 0.5) is 13.2 Å². The Morgan fingerprint density at radius 2 is 1.45 bits per heavy atom. The van der Waals surface area contributed by atoms with E-state index < -0.39 is 11.7 Å². The summed E-state index contributed by atoms with van der Waals surface area (Å²) in [5.41, 5.74) is 6.12. The molecular formula is C26H23F3O2. The van der Waals surface area contributed by atoms with Gasteiger partial charge >= 0.3 is 6.18 Å². The number of fused-ring (bicyclic) bond motifs is 1. The fourth-order valence-corrected chi connectivity index (χ4v) is 4.24. The molecule has 2 nitrogen and oxygen atoms in total. The van der Waals surface area contributed by atoms with Crippen molar-refractivity contribution in [3.05, 3.63) is 88.5 Å². The average Bonchev–Trinajstić information content (AvgIpc) is 3.27. The first-order valence-corrected chi connectivity index (χ1v) is 10.4. The summed E-state index contributed by atoms with van der Waals surface area (Å²) in [5.74, 6) is 0.823. The van der Waals surface area contributed by atoms with Crippen LogP contribution < -0.4 is 4.74 Å². The van der Waals surface area contributed by atoms with Crippen molar-refractivity contribution in [2.75, 3.05) is 6.61 Å². The molecule has 1 aliphatic rings. The largest absolute Gasteiger partial charge is 0.486 e. The Kier molecular flexibility index (Phi) is 6.12. The SMILES string of the molecule is O=CCOc1ccc(CCc2ccc(-c3ccc(C(F)(F)F)cc3)cc2)c2c1CCC2. The van der Waals surface area contributed by atoms with E-state index in [4.69, 9.17) is 4.74 Å². The van der Waals surface area contributed by atoms with Gasteiger partial charge in [-0.05, 0) is 83.7 Å². The molecule has 0 aromatic heterocycles. The summed E-state index contributed by atoms with van der Waals surface area (Å²) >= 11 is 0. The molecule has 0 heterocycles. The van der Waals surface area contributed by atoms with Gasteiger partial charge in [0.2, 0.25) is 0 Å². The molecule has 1 aliphatic carbocycles. The number of hydrogen-bond acceptors (Lipinski definition) is 2. The number of halogens is 3. The second-order valence-electron chi connectivity index (χ2n) is 7.78. The van der Waals surface area contributed by atoms with Crippen LogP contribution in [0.1, 0.15) is 34.2 Å². The van der Waals surface area contributed by atoms with Crippen molar-refractivity contribution in [2.45, 2.75) is 38.3 Å². The minimum Gasteiger partial charge on any atom is -0.486 e. The summed E-state index contributed by atoms with van der Waals surface area (Å²) in [6.07, 6.45) is 1.37. The number of aryl methyl sites for hydroxylation is 2. The lowest BCUT2D eigenvalue weighted by atomic mass is 9.95. The Bertz CT molecular complexity index is 1050. The maximum Gasteiger partial charge on any atom is 0.416 e. The number of benzene rings is 3. The van der Waals surface area contributed by atoms with E-state index in [1.165, 1.54) is 34.4 Å². The predicted octanol–water partition coefficient (Wildman–Crippen LogP) is 6.22. The van der Waals surface area contributed by atoms with Gasteiger partial charge in [-0.3, -0.25) is 4.79 Å². The Morgan fingerprint density at radius 1 is 0.806 bits per heavy atom. The van der Waals surface area contributed by atoms with Crippen LogP contribution in [0, 0.1) is 0 Å². The second-order valence-corrected chi connectivity index (χ2v) is 7.78. The van der Waals surface area contributed by atoms with Crippen LogP contribution in [-0.4, -0.2) is 12.9 Å². The van der Waals surface area contributed by atoms with Crippen molar-refractivity contribution in [2.24, 2.45) is 0 Å². The second kappa shape index (κ2) is 8.96. The molecule has 0 saturated heterocycles. The molecule has 0 unspecified atom stereocenters. The van der Waals surface area contributed by atoms with E-state index in [2.05, 4.69) is 6.07 Å². The highest BCUT2D eigenvalue weighted by Crippen LogP contribution is 2.34. The molecule has 0 N–H and O–H groups in total. The van der Waals surface area contributed by atoms with Gasteiger partial charge in [-0.25, -0.2) is 0 Å². The number of aldehydes is 1. The Balaban J connectivity index is 1.43. The molecule has 5 heteroatoms. The molecule has 0 bridgehead atoms. The summed E-state index contributed by atoms with van der Waals surface area (Å²) in [6.45, 7) is 0.0804. The first-order valence-electron chi connectivity index (χ1n) is 10.4. The lowest BCUT2D eigenvalue weighted by Crippen LogP contribution is -2.04. The molecule has 0 spiro atoms. The maximum absolute atomic E-state index is 12.7. The van der Waals surface area contributed by atoms with Gasteiger partial charge in [-0.2, -0.15) is 13.2 Å². The minimum atomic E-state index is -4.32. The number of carbonyl (C=O) groups is 1. The molecule has 31 heavy (non-hydrogen) atoms. The van der Waals surface area contributed by atoms with Gasteiger partial charge < -0.3 is 4.74 Å². The van der Waals surface area contributed by atoms with Crippen LogP contribution >= 0.6 is 0 Å². The summed E-state index contributed by atoms with van der Waals surface area (Å²) in [5, 5.41) is 0. The molecule has 160 valence electrons. The molecule has 0 amide bonds. The van der Waals surface area contributed by atoms with Gasteiger partial charge in [0.15, 0.2) is 6.29 Å². The molecule has 0 saturated carbocycles. The van der Waals surface area contributed by atoms with Crippen molar-refractivity contribution in [3.63, 3.8) is 0 Å². The number of rotatable bonds is 7. The lowest BCUT2D eigenvalue weighted by molar-refractivity contribution is -0.137. The predicted molar refractivity (Wildman–Crippen MR) is 114 cm³/mol. The number of ether oxygens (including phenoxy) is 1. The van der Waals surface area contributed by atoms with Gasteiger partial charge in [-0.1, -0.05) is 42.5 Å². The molecule has 3 aromatic rings. The summed E-state index contributed by atoms with van der Waals surface area (Å²) in [7, 11) is 0. The third-order valence-corrected chi connectivity index (χ3v) is 5.83. The Hall–Kier alpha value is -3.08. The highest BCUT2D eigenvalue weighted by Gasteiger charge is 2.30. The number of alkyl halides is 3. The molecule has 3 aromatic carbocycles. The molecule has 0 aliphatic heterocycles. The highest BCUT2D eigenvalue weighted by atomic mass is 19.4. The lowest BCUT2D eigenvalue weighted by Gasteiger charge is -2.13. The standard InChI is InChI=1S/C26H23F3O2/c27-26(28,29)22-13-10-20(11-14-22)19-7-4-18(5-8-19)6-9-21-12-15-25(31-17-16-30)24-3-1-2-23(21)24/h4-5,7-8,10-16H,1-3,6,9,17H2. The average molecular weight is 424 g/mol. The van der Waals surface area contributed by atoms with Crippen LogP contribution in [0.3, 0.4) is 0 Å². The first-order chi connectivity index (χ1) is 15.0. The zero-order valence-corrected chi connectivity index (χ0v) is 17.0. The van der Waals surface area contributed by atoms with Crippen LogP contribution in [0.15, 0.2) is 60.7 Å². The fraction of sp³-hybridized carbons (Fsp3) is 0.269. The van der Waals surface area contributed by atoms with Gasteiger partial charge in [0.05, 0.1) is 5.56 Å². The maximum atomic E-state index is 12.7. The van der Waals surface area contributed by atoms with Crippen LogP contribution in [0.5, 0.6) is 5.75 Å². The van der Waals surface area contributed by atoms with E-state index in [0.717, 1.165) is 67.4 Å². The summed E-state index contributed by atoms with van der Waals surface area (Å²) < 4.78 is 43.8. The van der Waals surface area contributed by atoms with E-state index in [1.807, 2.05) is 30.3 Å². The van der Waals surface area contributed by atoms with Gasteiger partial charge in [0.1, 0.15) is 12.4 Å². The highest BCUT2D eigenvalue weighted by molar-refractivity contribution is 5.64. The normalized spacial score (nSPS) is 13.1. The number of hydrogen-bond donors (Lipinski definition) is 0. The van der Waals surface area contributed by atoms with E-state index >= 15 is 0 Å². The summed E-state index contributed by atoms with van der Waals surface area (Å²) in [4.78, 5) is 10.6. The third-order valence-electron chi connectivity index (χ3n) is 5.83. The van der Waals surface area contributed by atoms with Crippen LogP contribution in [0.2, 0.25) is 0 Å². The molecular weight excluding hydrogens is 401 g/mol. The minimum absolute atomic E-state index is 0.0804. The topological polar surface area (TPSA) is 26.3 Å². The van der Waals surface area contributed by atoms with Crippen LogP contribution in [0.25, 0.3) is 11.1 Å². The van der Waals surface area contributed by atoms with E-state index in [9.17, 15) is 18.0 Å². The first kappa shape index (κ1) is 21.2. The van der Waals surface area contributed by atoms with E-state index in [0.29, 0.717) is 0 Å². The molecule has 4 rings (SSSR count). The van der Waals surface area contributed by atoms with Crippen molar-refractivity contribution in [1.29, 1.82) is 0 Å². The van der Waals surface area contributed by atoms with Crippen molar-refractivity contribution in [1.82, 2.24) is 0 Å². The molecule has 0 fully saturated rings. The van der Waals surface area contributed by atoms with E-state index in [-0.39, 0.29) is 6.61 Å². The summed E-state index contributed by atoms with van der Waals surface area (Å²) in [6, 6.07) is 17.3. The third kappa shape index (κ3) is 4.82. The number of carbonyl (C=O) groups excluding carboxylic acids is 1. The molecule has 0 radical (unpaired) electrons. The fourth-order valence-electron chi connectivity index (χ4n) is 4.24. The zero-order chi connectivity index (χ0) is 21.8. The van der Waals surface area contributed by atoms with Crippen molar-refractivity contribution >= 4 is 6.29 Å².